The lowest BCUT2D eigenvalue weighted by atomic mass is 10.3. The van der Waals surface area contributed by atoms with Crippen molar-refractivity contribution < 1.29 is 9.47 Å². The number of unbranched alkanes of at least 4 members (excludes halogenated alkanes) is 1. The van der Waals surface area contributed by atoms with Gasteiger partial charge < -0.3 is 20.5 Å². The Kier molecular flexibility index (Phi) is 8.04. The number of hydrogen-bond donors (Lipinski definition) is 2. The van der Waals surface area contributed by atoms with Crippen molar-refractivity contribution in [1.29, 1.82) is 0 Å². The van der Waals surface area contributed by atoms with Gasteiger partial charge in [-0.3, -0.25) is 0 Å². The van der Waals surface area contributed by atoms with Gasteiger partial charge in [-0.15, -0.1) is 0 Å². The van der Waals surface area contributed by atoms with Gasteiger partial charge in [-0.05, 0) is 25.0 Å². The average Bonchev–Trinajstić information content (AvgIpc) is 2.42. The molecule has 3 N–H and O–H groups in total. The van der Waals surface area contributed by atoms with Crippen molar-refractivity contribution >= 4 is 23.0 Å². The van der Waals surface area contributed by atoms with Gasteiger partial charge in [0.1, 0.15) is 10.8 Å². The summed E-state index contributed by atoms with van der Waals surface area (Å²) in [5.41, 5.74) is 6.29. The summed E-state index contributed by atoms with van der Waals surface area (Å²) in [4.78, 5) is 4.60. The highest BCUT2D eigenvalue weighted by Crippen LogP contribution is 2.05. The topological polar surface area (TPSA) is 69.4 Å². The van der Waals surface area contributed by atoms with Crippen molar-refractivity contribution in [2.45, 2.75) is 12.8 Å². The van der Waals surface area contributed by atoms with Gasteiger partial charge in [0, 0.05) is 32.0 Å². The summed E-state index contributed by atoms with van der Waals surface area (Å²) in [6.45, 7) is 2.94. The van der Waals surface area contributed by atoms with E-state index in [0.29, 0.717) is 18.2 Å². The van der Waals surface area contributed by atoms with E-state index >= 15 is 0 Å². The number of hydrogen-bond acceptors (Lipinski definition) is 5. The lowest BCUT2D eigenvalue weighted by Gasteiger charge is -2.06. The maximum absolute atomic E-state index is 5.50. The number of thiocarbonyl (C=S) groups is 1. The van der Waals surface area contributed by atoms with Gasteiger partial charge in [0.05, 0.1) is 13.2 Å². The average molecular weight is 283 g/mol. The third-order valence-electron chi connectivity index (χ3n) is 2.50. The smallest absolute Gasteiger partial charge is 0.125 e. The maximum atomic E-state index is 5.50. The van der Waals surface area contributed by atoms with Crippen LogP contribution in [0.15, 0.2) is 18.3 Å². The lowest BCUT2D eigenvalue weighted by Crippen LogP contribution is -2.10. The van der Waals surface area contributed by atoms with E-state index in [1.54, 1.807) is 13.3 Å². The van der Waals surface area contributed by atoms with E-state index in [-0.39, 0.29) is 0 Å². The number of nitrogens with one attached hydrogen (secondary N) is 1. The van der Waals surface area contributed by atoms with E-state index in [9.17, 15) is 0 Å². The van der Waals surface area contributed by atoms with Gasteiger partial charge in [-0.1, -0.05) is 12.2 Å². The second-order valence-corrected chi connectivity index (χ2v) is 4.48. The molecule has 5 nitrogen and oxygen atoms in total. The molecule has 106 valence electrons. The van der Waals surface area contributed by atoms with Crippen LogP contribution in [0.2, 0.25) is 0 Å². The number of rotatable bonds is 10. The second kappa shape index (κ2) is 9.66. The minimum absolute atomic E-state index is 0.368. The molecule has 0 bridgehead atoms. The molecule has 1 aromatic heterocycles. The number of ether oxygens (including phenoxy) is 2. The summed E-state index contributed by atoms with van der Waals surface area (Å²) in [5.74, 6) is 0.834. The Morgan fingerprint density at radius 3 is 2.79 bits per heavy atom. The van der Waals surface area contributed by atoms with E-state index in [2.05, 4.69) is 10.3 Å². The first kappa shape index (κ1) is 15.8. The fraction of sp³-hybridized carbons (Fsp3) is 0.538. The largest absolute Gasteiger partial charge is 0.389 e. The maximum Gasteiger partial charge on any atom is 0.125 e. The molecule has 0 aliphatic rings. The number of pyridine rings is 1. The van der Waals surface area contributed by atoms with Crippen molar-refractivity contribution in [2.75, 3.05) is 38.8 Å². The second-order valence-electron chi connectivity index (χ2n) is 4.04. The molecule has 1 rings (SSSR count). The monoisotopic (exact) mass is 283 g/mol. The molecule has 0 fully saturated rings. The summed E-state index contributed by atoms with van der Waals surface area (Å²) in [7, 11) is 1.67. The van der Waals surface area contributed by atoms with E-state index in [1.807, 2.05) is 12.1 Å². The summed E-state index contributed by atoms with van der Waals surface area (Å²) in [5, 5.41) is 3.24. The zero-order valence-corrected chi connectivity index (χ0v) is 12.0. The van der Waals surface area contributed by atoms with Gasteiger partial charge in [0.15, 0.2) is 0 Å². The van der Waals surface area contributed by atoms with Crippen LogP contribution in [0.4, 0.5) is 5.82 Å². The fourth-order valence-electron chi connectivity index (χ4n) is 1.43. The Hall–Kier alpha value is -1.24. The number of nitrogens with zero attached hydrogens (tertiary/aromatic N) is 1. The number of methoxy groups -OCH3 is 1. The van der Waals surface area contributed by atoms with Gasteiger partial charge in [0.2, 0.25) is 0 Å². The van der Waals surface area contributed by atoms with Crippen LogP contribution in [0.1, 0.15) is 18.4 Å². The van der Waals surface area contributed by atoms with Crippen molar-refractivity contribution in [2.24, 2.45) is 5.73 Å². The molecule has 0 spiro atoms. The molecule has 0 radical (unpaired) electrons. The number of anilines is 1. The molecule has 0 saturated heterocycles. The summed E-state index contributed by atoms with van der Waals surface area (Å²) in [6, 6.07) is 3.75. The van der Waals surface area contributed by atoms with Crippen LogP contribution in [0.3, 0.4) is 0 Å². The van der Waals surface area contributed by atoms with Crippen molar-refractivity contribution in [3.63, 3.8) is 0 Å². The Bertz CT molecular complexity index is 371. The predicted octanol–water partition coefficient (Wildman–Crippen LogP) is 1.57. The van der Waals surface area contributed by atoms with Crippen molar-refractivity contribution in [3.8, 4) is 0 Å². The first-order valence-electron chi connectivity index (χ1n) is 6.30. The Labute approximate surface area is 119 Å². The predicted molar refractivity (Wildman–Crippen MR) is 80.5 cm³/mol. The van der Waals surface area contributed by atoms with Crippen LogP contribution in [0.5, 0.6) is 0 Å². The van der Waals surface area contributed by atoms with Crippen LogP contribution in [0, 0.1) is 0 Å². The van der Waals surface area contributed by atoms with E-state index < -0.39 is 0 Å². The highest BCUT2D eigenvalue weighted by Gasteiger charge is 1.97. The highest BCUT2D eigenvalue weighted by atomic mass is 32.1. The summed E-state index contributed by atoms with van der Waals surface area (Å²) in [6.07, 6.45) is 3.73. The molecule has 0 aliphatic heterocycles. The molecule has 19 heavy (non-hydrogen) atoms. The fourth-order valence-corrected chi connectivity index (χ4v) is 1.55. The molecule has 0 aliphatic carbocycles. The molecule has 0 atom stereocenters. The summed E-state index contributed by atoms with van der Waals surface area (Å²) < 4.78 is 10.3. The van der Waals surface area contributed by atoms with Crippen LogP contribution < -0.4 is 11.1 Å². The summed E-state index contributed by atoms with van der Waals surface area (Å²) >= 11 is 4.87. The minimum atomic E-state index is 0.368. The Balaban J connectivity index is 2.07. The van der Waals surface area contributed by atoms with E-state index in [1.165, 1.54) is 0 Å². The third-order valence-corrected chi connectivity index (χ3v) is 2.74. The molecule has 1 heterocycles. The van der Waals surface area contributed by atoms with Crippen LogP contribution in [-0.4, -0.2) is 43.4 Å². The first-order valence-corrected chi connectivity index (χ1v) is 6.71. The van der Waals surface area contributed by atoms with Crippen LogP contribution >= 0.6 is 12.2 Å². The zero-order valence-electron chi connectivity index (χ0n) is 11.2. The van der Waals surface area contributed by atoms with Crippen LogP contribution in [-0.2, 0) is 9.47 Å². The molecular formula is C13H21N3O2S. The van der Waals surface area contributed by atoms with Gasteiger partial charge in [0.25, 0.3) is 0 Å². The molecule has 6 heteroatoms. The SMILES string of the molecule is COCCOCCCCNc1ccc(C(N)=S)cn1. The van der Waals surface area contributed by atoms with Crippen LogP contribution in [0.25, 0.3) is 0 Å². The van der Waals surface area contributed by atoms with E-state index in [4.69, 9.17) is 27.4 Å². The standard InChI is InChI=1S/C13H21N3O2S/c1-17-8-9-18-7-3-2-6-15-12-5-4-11(10-16-12)13(14)19/h4-5,10H,2-3,6-9H2,1H3,(H2,14,19)(H,15,16). The quantitative estimate of drug-likeness (QED) is 0.502. The molecule has 0 unspecified atom stereocenters. The normalized spacial score (nSPS) is 10.4. The van der Waals surface area contributed by atoms with Crippen molar-refractivity contribution in [3.05, 3.63) is 23.9 Å². The Morgan fingerprint density at radius 1 is 1.32 bits per heavy atom. The first-order chi connectivity index (χ1) is 9.24. The van der Waals surface area contributed by atoms with E-state index in [0.717, 1.165) is 37.4 Å². The highest BCUT2D eigenvalue weighted by molar-refractivity contribution is 7.80. The van der Waals surface area contributed by atoms with Gasteiger partial charge in [-0.25, -0.2) is 4.98 Å². The number of nitrogens with two attached hydrogens (primary N) is 1. The van der Waals surface area contributed by atoms with Crippen molar-refractivity contribution in [1.82, 2.24) is 4.98 Å². The molecule has 1 aromatic rings. The zero-order chi connectivity index (χ0) is 13.9. The molecule has 0 aromatic carbocycles. The third kappa shape index (κ3) is 7.05. The molecular weight excluding hydrogens is 262 g/mol. The molecule has 0 saturated carbocycles. The Morgan fingerprint density at radius 2 is 2.16 bits per heavy atom. The number of aromatic nitrogens is 1. The minimum Gasteiger partial charge on any atom is -0.389 e. The van der Waals surface area contributed by atoms with Gasteiger partial charge >= 0.3 is 0 Å². The molecule has 0 amide bonds. The lowest BCUT2D eigenvalue weighted by molar-refractivity contribution is 0.0691. The van der Waals surface area contributed by atoms with Gasteiger partial charge in [-0.2, -0.15) is 0 Å².